The Balaban J connectivity index is 2.19. The molecule has 0 saturated heterocycles. The topological polar surface area (TPSA) is 106 Å². The van der Waals surface area contributed by atoms with Crippen LogP contribution in [0.2, 0.25) is 0 Å². The third-order valence-electron chi connectivity index (χ3n) is 3.69. The van der Waals surface area contributed by atoms with Gasteiger partial charge in [-0.1, -0.05) is 28.1 Å². The summed E-state index contributed by atoms with van der Waals surface area (Å²) in [6.45, 7) is 3.36. The van der Waals surface area contributed by atoms with Crippen molar-refractivity contribution in [3.05, 3.63) is 51.4 Å². The highest BCUT2D eigenvalue weighted by molar-refractivity contribution is 9.10. The second kappa shape index (κ2) is 5.78. The maximum Gasteiger partial charge on any atom is 0.248 e. The third-order valence-corrected chi connectivity index (χ3v) is 4.22. The maximum atomic E-state index is 12.0. The quantitative estimate of drug-likeness (QED) is 0.756. The number of allylic oxidation sites excluding steroid dienone is 1. The summed E-state index contributed by atoms with van der Waals surface area (Å²) in [5, 5.41) is 17.1. The number of aliphatic hydroxyl groups is 1. The van der Waals surface area contributed by atoms with E-state index in [-0.39, 0.29) is 5.82 Å². The van der Waals surface area contributed by atoms with Crippen molar-refractivity contribution in [2.75, 3.05) is 5.32 Å². The largest absolute Gasteiger partial charge is 0.385 e. The van der Waals surface area contributed by atoms with Crippen LogP contribution < -0.4 is 11.1 Å². The number of carbonyl (C=O) groups excluding carboxylic acids is 1. The number of anilines is 1. The first-order chi connectivity index (χ1) is 10.9. The van der Waals surface area contributed by atoms with E-state index in [0.717, 1.165) is 10.0 Å². The van der Waals surface area contributed by atoms with E-state index in [0.29, 0.717) is 17.2 Å². The van der Waals surface area contributed by atoms with Crippen LogP contribution in [0, 0.1) is 0 Å². The van der Waals surface area contributed by atoms with Gasteiger partial charge >= 0.3 is 0 Å². The molecule has 8 heteroatoms. The van der Waals surface area contributed by atoms with Crippen LogP contribution in [0.1, 0.15) is 37.4 Å². The SMILES string of the molecule is CC1=C(C(N)=O)[C@H](c2ccc(Br)cc2)n2nc([C@H](C)O)nc2N1. The molecule has 0 aliphatic carbocycles. The van der Waals surface area contributed by atoms with Crippen LogP contribution in [0.3, 0.4) is 0 Å². The van der Waals surface area contributed by atoms with Gasteiger partial charge < -0.3 is 16.2 Å². The molecule has 4 N–H and O–H groups in total. The number of aromatic nitrogens is 3. The highest BCUT2D eigenvalue weighted by Gasteiger charge is 2.33. The number of halogens is 1. The molecule has 0 bridgehead atoms. The van der Waals surface area contributed by atoms with Gasteiger partial charge in [0, 0.05) is 10.2 Å². The Hall–Kier alpha value is -2.19. The van der Waals surface area contributed by atoms with Crippen LogP contribution >= 0.6 is 15.9 Å². The Morgan fingerprint density at radius 1 is 1.43 bits per heavy atom. The van der Waals surface area contributed by atoms with Crippen molar-refractivity contribution in [3.63, 3.8) is 0 Å². The Morgan fingerprint density at radius 3 is 2.65 bits per heavy atom. The lowest BCUT2D eigenvalue weighted by Crippen LogP contribution is -2.31. The fraction of sp³-hybridized carbons (Fsp3) is 0.267. The summed E-state index contributed by atoms with van der Waals surface area (Å²) in [5.41, 5.74) is 7.48. The van der Waals surface area contributed by atoms with E-state index in [1.165, 1.54) is 0 Å². The number of carbonyl (C=O) groups is 1. The smallest absolute Gasteiger partial charge is 0.248 e. The van der Waals surface area contributed by atoms with E-state index < -0.39 is 18.1 Å². The molecule has 1 aliphatic rings. The van der Waals surface area contributed by atoms with Crippen LogP contribution in [0.25, 0.3) is 0 Å². The van der Waals surface area contributed by atoms with Gasteiger partial charge in [0.1, 0.15) is 12.1 Å². The predicted octanol–water partition coefficient (Wildman–Crippen LogP) is 1.87. The lowest BCUT2D eigenvalue weighted by atomic mass is 9.95. The molecule has 3 rings (SSSR count). The van der Waals surface area contributed by atoms with Gasteiger partial charge in [-0.25, -0.2) is 4.68 Å². The summed E-state index contributed by atoms with van der Waals surface area (Å²) in [6.07, 6.45) is -0.808. The normalized spacial score (nSPS) is 18.3. The second-order valence-corrected chi connectivity index (χ2v) is 6.31. The van der Waals surface area contributed by atoms with Crippen LogP contribution in [-0.2, 0) is 4.79 Å². The first kappa shape index (κ1) is 15.7. The molecule has 120 valence electrons. The van der Waals surface area contributed by atoms with Crippen LogP contribution in [0.15, 0.2) is 40.0 Å². The number of aliphatic hydroxyl groups excluding tert-OH is 1. The molecule has 2 aromatic rings. The van der Waals surface area contributed by atoms with E-state index >= 15 is 0 Å². The van der Waals surface area contributed by atoms with Gasteiger partial charge in [-0.15, -0.1) is 0 Å². The lowest BCUT2D eigenvalue weighted by molar-refractivity contribution is -0.115. The molecule has 1 amide bonds. The number of hydrogen-bond acceptors (Lipinski definition) is 5. The third kappa shape index (κ3) is 2.75. The minimum absolute atomic E-state index is 0.285. The number of primary amides is 1. The van der Waals surface area contributed by atoms with Crippen LogP contribution in [0.5, 0.6) is 0 Å². The minimum atomic E-state index is -0.808. The number of nitrogens with one attached hydrogen (secondary N) is 1. The van der Waals surface area contributed by atoms with Crippen molar-refractivity contribution in [1.29, 1.82) is 0 Å². The summed E-state index contributed by atoms with van der Waals surface area (Å²) >= 11 is 3.40. The van der Waals surface area contributed by atoms with Crippen molar-refractivity contribution in [2.24, 2.45) is 5.73 Å². The number of benzene rings is 1. The zero-order valence-electron chi connectivity index (χ0n) is 12.6. The summed E-state index contributed by atoms with van der Waals surface area (Å²) in [7, 11) is 0. The van der Waals surface area contributed by atoms with Gasteiger partial charge in [-0.2, -0.15) is 10.1 Å². The Morgan fingerprint density at radius 2 is 2.09 bits per heavy atom. The molecule has 0 saturated carbocycles. The molecule has 1 aromatic heterocycles. The highest BCUT2D eigenvalue weighted by atomic mass is 79.9. The summed E-state index contributed by atoms with van der Waals surface area (Å²) in [5.74, 6) is 0.229. The molecule has 23 heavy (non-hydrogen) atoms. The van der Waals surface area contributed by atoms with Crippen molar-refractivity contribution >= 4 is 27.8 Å². The van der Waals surface area contributed by atoms with Crippen molar-refractivity contribution in [3.8, 4) is 0 Å². The number of fused-ring (bicyclic) bond motifs is 1. The standard InChI is InChI=1S/C15H16BrN5O2/c1-7-11(13(17)23)12(9-3-5-10(16)6-4-9)21-15(18-7)19-14(20-21)8(2)22/h3-6,8,12,22H,1-2H3,(H2,17,23)(H,18,19,20)/t8-,12-/m0/s1. The van der Waals surface area contributed by atoms with Crippen LogP contribution in [0.4, 0.5) is 5.95 Å². The first-order valence-corrected chi connectivity index (χ1v) is 7.85. The van der Waals surface area contributed by atoms with Gasteiger partial charge in [0.05, 0.1) is 5.57 Å². The number of rotatable bonds is 3. The molecular formula is C15H16BrN5O2. The van der Waals surface area contributed by atoms with Gasteiger partial charge in [0.25, 0.3) is 0 Å². The molecule has 0 radical (unpaired) electrons. The van der Waals surface area contributed by atoms with Gasteiger partial charge in [-0.05, 0) is 31.5 Å². The van der Waals surface area contributed by atoms with Crippen LogP contribution in [-0.4, -0.2) is 25.8 Å². The summed E-state index contributed by atoms with van der Waals surface area (Å²) < 4.78 is 2.51. The molecule has 0 unspecified atom stereocenters. The number of amides is 1. The van der Waals surface area contributed by atoms with E-state index in [1.807, 2.05) is 24.3 Å². The van der Waals surface area contributed by atoms with Gasteiger partial charge in [-0.3, -0.25) is 4.79 Å². The van der Waals surface area contributed by atoms with Gasteiger partial charge in [0.2, 0.25) is 11.9 Å². The monoisotopic (exact) mass is 377 g/mol. The summed E-state index contributed by atoms with van der Waals surface area (Å²) in [4.78, 5) is 16.3. The van der Waals surface area contributed by atoms with E-state index in [9.17, 15) is 9.90 Å². The van der Waals surface area contributed by atoms with Gasteiger partial charge in [0.15, 0.2) is 5.82 Å². The number of nitrogens with two attached hydrogens (primary N) is 1. The first-order valence-electron chi connectivity index (χ1n) is 7.06. The van der Waals surface area contributed by atoms with E-state index in [1.54, 1.807) is 18.5 Å². The molecule has 0 spiro atoms. The second-order valence-electron chi connectivity index (χ2n) is 5.40. The fourth-order valence-corrected chi connectivity index (χ4v) is 2.88. The highest BCUT2D eigenvalue weighted by Crippen LogP contribution is 2.35. The number of nitrogens with zero attached hydrogens (tertiary/aromatic N) is 3. The molecule has 0 fully saturated rings. The zero-order chi connectivity index (χ0) is 16.7. The molecule has 1 aliphatic heterocycles. The van der Waals surface area contributed by atoms with E-state index in [2.05, 4.69) is 31.3 Å². The fourth-order valence-electron chi connectivity index (χ4n) is 2.62. The molecule has 1 aromatic carbocycles. The average Bonchev–Trinajstić information content (AvgIpc) is 2.90. The molecular weight excluding hydrogens is 362 g/mol. The molecule has 2 atom stereocenters. The van der Waals surface area contributed by atoms with Crippen molar-refractivity contribution < 1.29 is 9.90 Å². The summed E-state index contributed by atoms with van der Waals surface area (Å²) in [6, 6.07) is 7.07. The number of hydrogen-bond donors (Lipinski definition) is 3. The average molecular weight is 378 g/mol. The van der Waals surface area contributed by atoms with E-state index in [4.69, 9.17) is 5.73 Å². The lowest BCUT2D eigenvalue weighted by Gasteiger charge is -2.27. The minimum Gasteiger partial charge on any atom is -0.385 e. The van der Waals surface area contributed by atoms with Crippen molar-refractivity contribution in [1.82, 2.24) is 14.8 Å². The Labute approximate surface area is 141 Å². The maximum absolute atomic E-state index is 12.0. The Bertz CT molecular complexity index is 795. The Kier molecular flexibility index (Phi) is 3.95. The molecule has 2 heterocycles. The predicted molar refractivity (Wildman–Crippen MR) is 88.5 cm³/mol. The van der Waals surface area contributed by atoms with Crippen molar-refractivity contribution in [2.45, 2.75) is 26.0 Å². The zero-order valence-corrected chi connectivity index (χ0v) is 14.2. The molecule has 7 nitrogen and oxygen atoms in total.